The van der Waals surface area contributed by atoms with Gasteiger partial charge in [-0.1, -0.05) is 171 Å². The second-order valence-corrected chi connectivity index (χ2v) is 17.0. The molecule has 0 unspecified atom stereocenters. The minimum absolute atomic E-state index is 0. The van der Waals surface area contributed by atoms with Crippen molar-refractivity contribution in [3.8, 4) is 34.5 Å². The van der Waals surface area contributed by atoms with E-state index in [0.29, 0.717) is 17.2 Å². The maximum absolute atomic E-state index is 6.74. The molecule has 62 heavy (non-hydrogen) atoms. The predicted molar refractivity (Wildman–Crippen MR) is 250 cm³/mol. The first kappa shape index (κ1) is 56.4. The van der Waals surface area contributed by atoms with E-state index in [1.165, 1.54) is 118 Å². The number of unbranched alkanes of at least 4 members (excludes halogenated alkanes) is 18. The molecule has 0 radical (unpaired) electrons. The van der Waals surface area contributed by atoms with Crippen LogP contribution in [0.3, 0.4) is 0 Å². The van der Waals surface area contributed by atoms with E-state index in [4.69, 9.17) is 78.1 Å². The van der Waals surface area contributed by atoms with Crippen molar-refractivity contribution in [3.63, 3.8) is 0 Å². The van der Waals surface area contributed by atoms with Gasteiger partial charge >= 0.3 is 36.9 Å². The molecule has 0 saturated heterocycles. The van der Waals surface area contributed by atoms with Gasteiger partial charge in [0, 0.05) is 0 Å². The number of halogens is 3. The monoisotopic (exact) mass is 931 g/mol. The Labute approximate surface area is 411 Å². The summed E-state index contributed by atoms with van der Waals surface area (Å²) in [5, 5.41) is 0.834. The summed E-state index contributed by atoms with van der Waals surface area (Å²) in [5.74, 6) is 1.44. The maximum Gasteiger partial charge on any atom is 1.00 e. The average molecular weight is 933 g/mol. The van der Waals surface area contributed by atoms with Crippen molar-refractivity contribution in [2.45, 2.75) is 175 Å². The fourth-order valence-electron chi connectivity index (χ4n) is 7.16. The van der Waals surface area contributed by atoms with E-state index in [1.54, 1.807) is 0 Å². The average Bonchev–Trinajstić information content (AvgIpc) is 3.25. The Kier molecular flexibility index (Phi) is 31.5. The van der Waals surface area contributed by atoms with Crippen molar-refractivity contribution in [2.24, 2.45) is 0 Å². The van der Waals surface area contributed by atoms with Crippen molar-refractivity contribution in [2.75, 3.05) is 21.3 Å². The van der Waals surface area contributed by atoms with E-state index in [0.717, 1.165) is 74.5 Å². The van der Waals surface area contributed by atoms with Crippen LogP contribution in [0.15, 0.2) is 36.4 Å². The van der Waals surface area contributed by atoms with Crippen molar-refractivity contribution < 1.29 is 72.8 Å². The molecular formula is C48H72BCl3NaO9+. The van der Waals surface area contributed by atoms with Crippen molar-refractivity contribution in [1.29, 1.82) is 0 Å². The molecule has 0 heterocycles. The van der Waals surface area contributed by atoms with Crippen LogP contribution in [-0.4, -0.2) is 28.7 Å². The SMILES string of the molecule is CCCCCCCCCc1cc(Cl)c(OOB(OOc2c(Cl)cc(CCCCCCCCC)cc2OC)OOc2c(Cl)cc(CCCCCCCCC)cc2OC)c(OC)c1.[Na+]. The smallest absolute Gasteiger partial charge is 0.493 e. The van der Waals surface area contributed by atoms with Crippen LogP contribution in [-0.2, 0) is 33.7 Å². The second kappa shape index (κ2) is 34.6. The van der Waals surface area contributed by atoms with E-state index in [-0.39, 0.29) is 61.9 Å². The number of hydrogen-bond acceptors (Lipinski definition) is 9. The fraction of sp³-hybridized carbons (Fsp3) is 0.625. The number of hydrogen-bond donors (Lipinski definition) is 0. The third kappa shape index (κ3) is 21.5. The Morgan fingerprint density at radius 1 is 0.371 bits per heavy atom. The number of methoxy groups -OCH3 is 3. The molecule has 9 nitrogen and oxygen atoms in total. The third-order valence-corrected chi connectivity index (χ3v) is 11.5. The molecular weight excluding hydrogens is 861 g/mol. The largest absolute Gasteiger partial charge is 1.00 e. The van der Waals surface area contributed by atoms with Gasteiger partial charge in [-0.05, 0) is 91.6 Å². The quantitative estimate of drug-likeness (QED) is 0.0245. The van der Waals surface area contributed by atoms with Crippen LogP contribution in [0.4, 0.5) is 0 Å². The second-order valence-electron chi connectivity index (χ2n) is 15.8. The van der Waals surface area contributed by atoms with Gasteiger partial charge in [-0.3, -0.25) is 0 Å². The molecule has 3 aromatic rings. The summed E-state index contributed by atoms with van der Waals surface area (Å²) in [7, 11) is 2.81. The molecule has 0 fully saturated rings. The topological polar surface area (TPSA) is 83.1 Å². The molecule has 0 saturated carbocycles. The van der Waals surface area contributed by atoms with Crippen LogP contribution in [0, 0.1) is 0 Å². The van der Waals surface area contributed by atoms with E-state index in [1.807, 2.05) is 36.4 Å². The van der Waals surface area contributed by atoms with Gasteiger partial charge in [-0.15, -0.1) is 0 Å². The Bertz CT molecular complexity index is 1470. The van der Waals surface area contributed by atoms with E-state index in [9.17, 15) is 0 Å². The Morgan fingerprint density at radius 3 is 0.855 bits per heavy atom. The molecule has 0 N–H and O–H groups in total. The first-order chi connectivity index (χ1) is 29.8. The minimum atomic E-state index is -1.78. The summed E-state index contributed by atoms with van der Waals surface area (Å²) >= 11 is 20.2. The van der Waals surface area contributed by atoms with Gasteiger partial charge in [0.05, 0.1) is 36.4 Å². The minimum Gasteiger partial charge on any atom is -0.493 e. The standard InChI is InChI=1S/C48H72BCl3O9.Na/c1-7-10-13-16-19-22-25-28-37-31-40(50)46(43(34-37)53-4)56-59-49(60-57-47-41(51)32-38(35-44(47)54-5)29-26-23-20-17-14-11-8-2)61-58-48-42(52)33-39(36-45(48)55-6)30-27-24-21-18-15-12-9-3;/h31-36H,7-30H2,1-6H3;/q;+1. The van der Waals surface area contributed by atoms with Crippen LogP contribution in [0.5, 0.6) is 34.5 Å². The molecule has 3 rings (SSSR count). The maximum atomic E-state index is 6.74. The van der Waals surface area contributed by atoms with Crippen molar-refractivity contribution in [3.05, 3.63) is 68.2 Å². The molecule has 14 heteroatoms. The van der Waals surface area contributed by atoms with Gasteiger partial charge in [0.25, 0.3) is 0 Å². The molecule has 3 aromatic carbocycles. The van der Waals surface area contributed by atoms with E-state index < -0.39 is 7.32 Å². The van der Waals surface area contributed by atoms with Gasteiger partial charge in [0.2, 0.25) is 17.2 Å². The molecule has 0 aliphatic carbocycles. The first-order valence-corrected chi connectivity index (χ1v) is 24.0. The van der Waals surface area contributed by atoms with Gasteiger partial charge in [-0.2, -0.15) is 14.4 Å². The van der Waals surface area contributed by atoms with Crippen LogP contribution in [0.25, 0.3) is 0 Å². The normalized spacial score (nSPS) is 11.0. The summed E-state index contributed by atoms with van der Waals surface area (Å²) in [6, 6.07) is 11.1. The zero-order chi connectivity index (χ0) is 44.1. The summed E-state index contributed by atoms with van der Waals surface area (Å²) in [6.07, 6.45) is 28.0. The number of rotatable bonds is 36. The van der Waals surface area contributed by atoms with Crippen LogP contribution < -0.4 is 58.4 Å². The zero-order valence-corrected chi connectivity index (χ0v) is 43.1. The number of ether oxygens (including phenoxy) is 3. The summed E-state index contributed by atoms with van der Waals surface area (Å²) < 4.78 is 17.0. The molecule has 0 aliphatic rings. The molecule has 0 aliphatic heterocycles. The summed E-state index contributed by atoms with van der Waals surface area (Å²) in [4.78, 5) is 34.0. The van der Waals surface area contributed by atoms with Gasteiger partial charge < -0.3 is 28.9 Å². The van der Waals surface area contributed by atoms with E-state index >= 15 is 0 Å². The van der Waals surface area contributed by atoms with Gasteiger partial charge in [0.15, 0.2) is 17.2 Å². The Hall–Kier alpha value is -1.73. The van der Waals surface area contributed by atoms with Crippen molar-refractivity contribution >= 4 is 42.1 Å². The number of benzene rings is 3. The molecule has 0 spiro atoms. The molecule has 0 amide bonds. The predicted octanol–water partition coefficient (Wildman–Crippen LogP) is 12.9. The van der Waals surface area contributed by atoms with Crippen LogP contribution in [0.2, 0.25) is 15.1 Å². The van der Waals surface area contributed by atoms with Gasteiger partial charge in [0.1, 0.15) is 0 Å². The molecule has 342 valence electrons. The van der Waals surface area contributed by atoms with Crippen molar-refractivity contribution in [1.82, 2.24) is 0 Å². The Morgan fingerprint density at radius 2 is 0.613 bits per heavy atom. The summed E-state index contributed by atoms with van der Waals surface area (Å²) in [5.41, 5.74) is 3.06. The van der Waals surface area contributed by atoms with E-state index in [2.05, 4.69) is 20.8 Å². The third-order valence-electron chi connectivity index (χ3n) is 10.7. The first-order valence-electron chi connectivity index (χ1n) is 22.9. The number of aryl methyl sites for hydroxylation is 3. The van der Waals surface area contributed by atoms with Crippen LogP contribution in [0.1, 0.15) is 172 Å². The van der Waals surface area contributed by atoms with Gasteiger partial charge in [-0.25, -0.2) is 0 Å². The molecule has 0 bridgehead atoms. The molecule has 0 aromatic heterocycles. The zero-order valence-electron chi connectivity index (χ0n) is 38.8. The Balaban J connectivity index is 0.0000132. The summed E-state index contributed by atoms with van der Waals surface area (Å²) in [6.45, 7) is 6.69. The fourth-order valence-corrected chi connectivity index (χ4v) is 7.96. The molecule has 0 atom stereocenters. The van der Waals surface area contributed by atoms with Crippen LogP contribution >= 0.6 is 34.8 Å².